The van der Waals surface area contributed by atoms with E-state index in [1.165, 1.54) is 17.5 Å². The predicted molar refractivity (Wildman–Crippen MR) is 91.4 cm³/mol. The first-order chi connectivity index (χ1) is 11.7. The highest BCUT2D eigenvalue weighted by molar-refractivity contribution is 5.86. The van der Waals surface area contributed by atoms with Gasteiger partial charge in [-0.05, 0) is 43.2 Å². The summed E-state index contributed by atoms with van der Waals surface area (Å²) in [5, 5.41) is 5.68. The number of piperidine rings is 1. The fourth-order valence-corrected chi connectivity index (χ4v) is 3.54. The van der Waals surface area contributed by atoms with Crippen LogP contribution < -0.4 is 10.6 Å². The van der Waals surface area contributed by atoms with Crippen LogP contribution in [0.25, 0.3) is 0 Å². The Morgan fingerprint density at radius 3 is 3.04 bits per heavy atom. The monoisotopic (exact) mass is 330 g/mol. The minimum atomic E-state index is -0.176. The number of hydrogen-bond donors (Lipinski definition) is 2. The zero-order valence-electron chi connectivity index (χ0n) is 14.1. The average Bonchev–Trinajstić information content (AvgIpc) is 2.61. The lowest BCUT2D eigenvalue weighted by Crippen LogP contribution is -2.41. The average molecular weight is 330 g/mol. The van der Waals surface area contributed by atoms with Crippen molar-refractivity contribution in [2.75, 3.05) is 19.7 Å². The summed E-state index contributed by atoms with van der Waals surface area (Å²) in [6, 6.07) is 8.50. The van der Waals surface area contributed by atoms with Crippen molar-refractivity contribution in [1.82, 2.24) is 10.6 Å². The molecule has 1 aliphatic heterocycles. The molecule has 2 aliphatic rings. The van der Waals surface area contributed by atoms with Crippen molar-refractivity contribution in [3.05, 3.63) is 35.4 Å². The highest BCUT2D eigenvalue weighted by atomic mass is 16.5. The Kier molecular flexibility index (Phi) is 5.86. The number of carbonyl (C=O) groups is 2. The molecular weight excluding hydrogens is 304 g/mol. The molecule has 0 saturated carbocycles. The van der Waals surface area contributed by atoms with Gasteiger partial charge in [-0.2, -0.15) is 0 Å². The lowest BCUT2D eigenvalue weighted by Gasteiger charge is -2.25. The number of aryl methyl sites for hydroxylation is 1. The van der Waals surface area contributed by atoms with E-state index >= 15 is 0 Å². The van der Waals surface area contributed by atoms with Crippen LogP contribution in [0.3, 0.4) is 0 Å². The molecule has 1 aromatic rings. The number of carbonyl (C=O) groups excluding carboxylic acids is 2. The van der Waals surface area contributed by atoms with Crippen LogP contribution in [-0.4, -0.2) is 31.5 Å². The summed E-state index contributed by atoms with van der Waals surface area (Å²) in [4.78, 5) is 23.4. The van der Waals surface area contributed by atoms with Gasteiger partial charge < -0.3 is 15.4 Å². The van der Waals surface area contributed by atoms with Gasteiger partial charge in [0.15, 0.2) is 0 Å². The quantitative estimate of drug-likeness (QED) is 0.785. The van der Waals surface area contributed by atoms with Crippen LogP contribution in [0.2, 0.25) is 0 Å². The summed E-state index contributed by atoms with van der Waals surface area (Å²) in [6.45, 7) is 1.84. The summed E-state index contributed by atoms with van der Waals surface area (Å²) in [5.74, 6) is -0.210. The van der Waals surface area contributed by atoms with Gasteiger partial charge in [-0.1, -0.05) is 24.3 Å². The first-order valence-corrected chi connectivity index (χ1v) is 8.98. The van der Waals surface area contributed by atoms with Crippen LogP contribution in [0.15, 0.2) is 24.3 Å². The molecule has 1 fully saturated rings. The van der Waals surface area contributed by atoms with E-state index in [2.05, 4.69) is 34.9 Å². The zero-order chi connectivity index (χ0) is 16.8. The smallest absolute Gasteiger partial charge is 0.223 e. The minimum Gasteiger partial charge on any atom is -0.373 e. The number of hydrogen-bond acceptors (Lipinski definition) is 3. The Labute approximate surface area is 143 Å². The SMILES string of the molecule is O=C1C[C@@H](C(=O)NCCCO[C@@H]2CCCc3ccccc32)CCN1. The summed E-state index contributed by atoms with van der Waals surface area (Å²) in [6.07, 6.45) is 5.40. The molecule has 130 valence electrons. The Morgan fingerprint density at radius 2 is 2.17 bits per heavy atom. The second-order valence-electron chi connectivity index (χ2n) is 6.63. The molecule has 2 amide bonds. The van der Waals surface area contributed by atoms with Gasteiger partial charge >= 0.3 is 0 Å². The highest BCUT2D eigenvalue weighted by Gasteiger charge is 2.25. The first-order valence-electron chi connectivity index (χ1n) is 8.98. The van der Waals surface area contributed by atoms with Gasteiger partial charge in [0.2, 0.25) is 11.8 Å². The lowest BCUT2D eigenvalue weighted by atomic mass is 9.89. The second kappa shape index (κ2) is 8.29. The van der Waals surface area contributed by atoms with Crippen LogP contribution in [0.1, 0.15) is 49.3 Å². The lowest BCUT2D eigenvalue weighted by molar-refractivity contribution is -0.132. The normalized spacial score (nSPS) is 23.2. The van der Waals surface area contributed by atoms with Gasteiger partial charge in [0, 0.05) is 32.0 Å². The fourth-order valence-electron chi connectivity index (χ4n) is 3.54. The van der Waals surface area contributed by atoms with Gasteiger partial charge in [-0.25, -0.2) is 0 Å². The van der Waals surface area contributed by atoms with Gasteiger partial charge in [-0.3, -0.25) is 9.59 Å². The molecule has 0 unspecified atom stereocenters. The van der Waals surface area contributed by atoms with Crippen LogP contribution in [0.4, 0.5) is 0 Å². The molecule has 1 heterocycles. The maximum Gasteiger partial charge on any atom is 0.223 e. The number of rotatable bonds is 6. The van der Waals surface area contributed by atoms with E-state index in [0.717, 1.165) is 25.7 Å². The van der Waals surface area contributed by atoms with Crippen LogP contribution >= 0.6 is 0 Å². The number of amides is 2. The van der Waals surface area contributed by atoms with E-state index in [1.54, 1.807) is 0 Å². The van der Waals surface area contributed by atoms with Gasteiger partial charge in [-0.15, -0.1) is 0 Å². The molecule has 2 N–H and O–H groups in total. The van der Waals surface area contributed by atoms with Gasteiger partial charge in [0.05, 0.1) is 6.10 Å². The summed E-state index contributed by atoms with van der Waals surface area (Å²) in [5.41, 5.74) is 2.72. The highest BCUT2D eigenvalue weighted by Crippen LogP contribution is 2.32. The van der Waals surface area contributed by atoms with Crippen LogP contribution in [0, 0.1) is 5.92 Å². The predicted octanol–water partition coefficient (Wildman–Crippen LogP) is 2.11. The molecule has 0 spiro atoms. The largest absolute Gasteiger partial charge is 0.373 e. The van der Waals surface area contributed by atoms with E-state index < -0.39 is 0 Å². The molecule has 24 heavy (non-hydrogen) atoms. The molecule has 1 aliphatic carbocycles. The number of benzene rings is 1. The Bertz CT molecular complexity index is 588. The maximum absolute atomic E-state index is 12.0. The van der Waals surface area contributed by atoms with Crippen molar-refractivity contribution in [3.63, 3.8) is 0 Å². The third-order valence-corrected chi connectivity index (χ3v) is 4.87. The zero-order valence-corrected chi connectivity index (χ0v) is 14.1. The Balaban J connectivity index is 1.36. The number of ether oxygens (including phenoxy) is 1. The topological polar surface area (TPSA) is 67.4 Å². The first kappa shape index (κ1) is 17.0. The minimum absolute atomic E-state index is 0.00661. The molecule has 1 aromatic carbocycles. The van der Waals surface area contributed by atoms with Gasteiger partial charge in [0.1, 0.15) is 0 Å². The molecule has 5 nitrogen and oxygen atoms in total. The number of fused-ring (bicyclic) bond motifs is 1. The third kappa shape index (κ3) is 4.35. The molecule has 3 rings (SSSR count). The summed E-state index contributed by atoms with van der Waals surface area (Å²) in [7, 11) is 0. The van der Waals surface area contributed by atoms with Crippen LogP contribution in [0.5, 0.6) is 0 Å². The Morgan fingerprint density at radius 1 is 1.29 bits per heavy atom. The Hall–Kier alpha value is -1.88. The molecule has 0 radical (unpaired) electrons. The van der Waals surface area contributed by atoms with E-state index in [1.807, 2.05) is 0 Å². The van der Waals surface area contributed by atoms with Crippen LogP contribution in [-0.2, 0) is 20.7 Å². The van der Waals surface area contributed by atoms with E-state index in [4.69, 9.17) is 4.74 Å². The molecule has 1 saturated heterocycles. The maximum atomic E-state index is 12.0. The molecule has 0 bridgehead atoms. The van der Waals surface area contributed by atoms with Crippen molar-refractivity contribution in [2.45, 2.75) is 44.6 Å². The van der Waals surface area contributed by atoms with Gasteiger partial charge in [0.25, 0.3) is 0 Å². The van der Waals surface area contributed by atoms with Crippen molar-refractivity contribution in [3.8, 4) is 0 Å². The van der Waals surface area contributed by atoms with E-state index in [-0.39, 0.29) is 23.8 Å². The van der Waals surface area contributed by atoms with Crippen molar-refractivity contribution < 1.29 is 14.3 Å². The van der Waals surface area contributed by atoms with Crippen molar-refractivity contribution >= 4 is 11.8 Å². The third-order valence-electron chi connectivity index (χ3n) is 4.87. The standard InChI is InChI=1S/C19H26N2O3/c22-18-13-15(9-11-20-18)19(23)21-10-4-12-24-17-8-3-6-14-5-1-2-7-16(14)17/h1-2,5,7,15,17H,3-4,6,8-13H2,(H,20,22)(H,21,23)/t15-,17+/m0/s1. The van der Waals surface area contributed by atoms with E-state index in [0.29, 0.717) is 26.1 Å². The summed E-state index contributed by atoms with van der Waals surface area (Å²) < 4.78 is 6.04. The second-order valence-corrected chi connectivity index (χ2v) is 6.63. The van der Waals surface area contributed by atoms with Crippen molar-refractivity contribution in [2.24, 2.45) is 5.92 Å². The molecule has 2 atom stereocenters. The molecule has 0 aromatic heterocycles. The number of nitrogens with one attached hydrogen (secondary N) is 2. The fraction of sp³-hybridized carbons (Fsp3) is 0.579. The van der Waals surface area contributed by atoms with E-state index in [9.17, 15) is 9.59 Å². The van der Waals surface area contributed by atoms with Crippen molar-refractivity contribution in [1.29, 1.82) is 0 Å². The molecular formula is C19H26N2O3. The molecule has 5 heteroatoms. The summed E-state index contributed by atoms with van der Waals surface area (Å²) >= 11 is 0.